The second-order valence-electron chi connectivity index (χ2n) is 6.28. The molecule has 3 aromatic rings. The Balaban J connectivity index is 1.55. The first-order valence-electron chi connectivity index (χ1n) is 9.41. The average Bonchev–Trinajstić information content (AvgIpc) is 2.75. The average molecular weight is 379 g/mol. The van der Waals surface area contributed by atoms with Gasteiger partial charge in [-0.15, -0.1) is 0 Å². The van der Waals surface area contributed by atoms with Gasteiger partial charge in [0, 0.05) is 5.39 Å². The topological polar surface area (TPSA) is 56.8 Å². The van der Waals surface area contributed by atoms with Crippen molar-refractivity contribution in [3.63, 3.8) is 0 Å². The minimum Gasteiger partial charge on any atom is -0.493 e. The second-order valence-corrected chi connectivity index (χ2v) is 6.28. The van der Waals surface area contributed by atoms with Gasteiger partial charge in [0.05, 0.1) is 13.7 Å². The van der Waals surface area contributed by atoms with Crippen LogP contribution in [-0.4, -0.2) is 32.3 Å². The van der Waals surface area contributed by atoms with E-state index >= 15 is 0 Å². The summed E-state index contributed by atoms with van der Waals surface area (Å²) in [5.74, 6) is 1.88. The molecule has 0 heterocycles. The smallest absolute Gasteiger partial charge is 0.261 e. The van der Waals surface area contributed by atoms with Crippen LogP contribution in [0.4, 0.5) is 0 Å². The number of rotatable bonds is 9. The first-order chi connectivity index (χ1) is 13.7. The third-order valence-corrected chi connectivity index (χ3v) is 4.41. The predicted octanol–water partition coefficient (Wildman–Crippen LogP) is 4.20. The maximum atomic E-state index is 12.5. The van der Waals surface area contributed by atoms with Gasteiger partial charge in [-0.25, -0.2) is 0 Å². The molecule has 0 aliphatic heterocycles. The predicted molar refractivity (Wildman–Crippen MR) is 110 cm³/mol. The van der Waals surface area contributed by atoms with Crippen molar-refractivity contribution in [1.82, 2.24) is 5.32 Å². The highest BCUT2D eigenvalue weighted by atomic mass is 16.5. The third kappa shape index (κ3) is 4.74. The molecule has 0 fully saturated rings. The Morgan fingerprint density at radius 2 is 1.61 bits per heavy atom. The molecule has 5 heteroatoms. The van der Waals surface area contributed by atoms with E-state index in [1.807, 2.05) is 73.7 Å². The lowest BCUT2D eigenvalue weighted by atomic mass is 10.1. The summed E-state index contributed by atoms with van der Waals surface area (Å²) >= 11 is 0. The van der Waals surface area contributed by atoms with Crippen LogP contribution in [0.2, 0.25) is 0 Å². The van der Waals surface area contributed by atoms with Gasteiger partial charge >= 0.3 is 0 Å². The molecule has 0 aromatic heterocycles. The summed E-state index contributed by atoms with van der Waals surface area (Å²) < 4.78 is 17.0. The number of para-hydroxylation sites is 2. The highest BCUT2D eigenvalue weighted by Gasteiger charge is 2.19. The van der Waals surface area contributed by atoms with E-state index in [4.69, 9.17) is 14.2 Å². The second kappa shape index (κ2) is 9.65. The molecule has 0 saturated heterocycles. The fraction of sp³-hybridized carbons (Fsp3) is 0.261. The molecular formula is C23H25NO4. The van der Waals surface area contributed by atoms with Gasteiger partial charge < -0.3 is 19.5 Å². The Kier molecular flexibility index (Phi) is 6.73. The van der Waals surface area contributed by atoms with Crippen LogP contribution in [0.3, 0.4) is 0 Å². The third-order valence-electron chi connectivity index (χ3n) is 4.41. The van der Waals surface area contributed by atoms with E-state index in [9.17, 15) is 4.79 Å². The van der Waals surface area contributed by atoms with Crippen LogP contribution in [0.5, 0.6) is 17.2 Å². The number of amides is 1. The summed E-state index contributed by atoms with van der Waals surface area (Å²) in [6, 6.07) is 21.2. The number of hydrogen-bond donors (Lipinski definition) is 1. The van der Waals surface area contributed by atoms with E-state index in [0.29, 0.717) is 36.8 Å². The van der Waals surface area contributed by atoms with Gasteiger partial charge in [0.2, 0.25) is 0 Å². The lowest BCUT2D eigenvalue weighted by Crippen LogP contribution is -2.39. The summed E-state index contributed by atoms with van der Waals surface area (Å²) in [5, 5.41) is 4.96. The molecule has 0 unspecified atom stereocenters. The van der Waals surface area contributed by atoms with Crippen molar-refractivity contribution < 1.29 is 19.0 Å². The standard InChI is InChI=1S/C23H25NO4/c1-3-19(28-20-14-8-10-17-9-4-5-11-18(17)20)23(25)24-15-16-27-22-13-7-6-12-21(22)26-2/h4-14,19H,3,15-16H2,1-2H3,(H,24,25)/t19-/m1/s1. The number of nitrogens with one attached hydrogen (secondary N) is 1. The van der Waals surface area contributed by atoms with Gasteiger partial charge in [0.15, 0.2) is 17.6 Å². The van der Waals surface area contributed by atoms with Gasteiger partial charge in [-0.2, -0.15) is 0 Å². The van der Waals surface area contributed by atoms with Crippen LogP contribution < -0.4 is 19.5 Å². The minimum absolute atomic E-state index is 0.154. The fourth-order valence-corrected chi connectivity index (χ4v) is 2.96. The fourth-order valence-electron chi connectivity index (χ4n) is 2.96. The monoisotopic (exact) mass is 379 g/mol. The molecule has 0 aliphatic rings. The number of hydrogen-bond acceptors (Lipinski definition) is 4. The Morgan fingerprint density at radius 3 is 2.39 bits per heavy atom. The molecule has 28 heavy (non-hydrogen) atoms. The highest BCUT2D eigenvalue weighted by molar-refractivity contribution is 5.89. The first kappa shape index (κ1) is 19.5. The highest BCUT2D eigenvalue weighted by Crippen LogP contribution is 2.27. The van der Waals surface area contributed by atoms with Gasteiger partial charge in [-0.05, 0) is 30.0 Å². The Labute approximate surface area is 165 Å². The molecular weight excluding hydrogens is 354 g/mol. The Morgan fingerprint density at radius 1 is 0.929 bits per heavy atom. The SMILES string of the molecule is CC[C@@H](Oc1cccc2ccccc12)C(=O)NCCOc1ccccc1OC. The Hall–Kier alpha value is -3.21. The summed E-state index contributed by atoms with van der Waals surface area (Å²) in [4.78, 5) is 12.5. The van der Waals surface area contributed by atoms with Gasteiger partial charge in [-0.3, -0.25) is 4.79 Å². The van der Waals surface area contributed by atoms with Crippen molar-refractivity contribution in [2.24, 2.45) is 0 Å². The number of ether oxygens (including phenoxy) is 3. The molecule has 0 aliphatic carbocycles. The zero-order valence-electron chi connectivity index (χ0n) is 16.2. The van der Waals surface area contributed by atoms with Crippen LogP contribution in [-0.2, 0) is 4.79 Å². The maximum Gasteiger partial charge on any atom is 0.261 e. The molecule has 3 rings (SSSR count). The molecule has 0 saturated carbocycles. The molecule has 5 nitrogen and oxygen atoms in total. The zero-order valence-corrected chi connectivity index (χ0v) is 16.2. The van der Waals surface area contributed by atoms with Gasteiger partial charge in [0.1, 0.15) is 12.4 Å². The molecule has 1 N–H and O–H groups in total. The van der Waals surface area contributed by atoms with E-state index < -0.39 is 6.10 Å². The van der Waals surface area contributed by atoms with E-state index in [0.717, 1.165) is 10.8 Å². The number of fused-ring (bicyclic) bond motifs is 1. The summed E-state index contributed by atoms with van der Waals surface area (Å²) in [7, 11) is 1.60. The summed E-state index contributed by atoms with van der Waals surface area (Å²) in [6.07, 6.45) is 0.0136. The first-order valence-corrected chi connectivity index (χ1v) is 9.41. The largest absolute Gasteiger partial charge is 0.493 e. The maximum absolute atomic E-state index is 12.5. The molecule has 0 bridgehead atoms. The lowest BCUT2D eigenvalue weighted by Gasteiger charge is -2.19. The van der Waals surface area contributed by atoms with Crippen molar-refractivity contribution in [1.29, 1.82) is 0 Å². The Bertz CT molecular complexity index is 920. The van der Waals surface area contributed by atoms with Gasteiger partial charge in [-0.1, -0.05) is 55.5 Å². The van der Waals surface area contributed by atoms with Crippen LogP contribution in [0.25, 0.3) is 10.8 Å². The zero-order chi connectivity index (χ0) is 19.8. The van der Waals surface area contributed by atoms with E-state index in [-0.39, 0.29) is 5.91 Å². The molecule has 1 atom stereocenters. The van der Waals surface area contributed by atoms with Gasteiger partial charge in [0.25, 0.3) is 5.91 Å². The number of benzene rings is 3. The quantitative estimate of drug-likeness (QED) is 0.566. The van der Waals surface area contributed by atoms with Crippen LogP contribution in [0.1, 0.15) is 13.3 Å². The molecule has 146 valence electrons. The van der Waals surface area contributed by atoms with E-state index in [1.54, 1.807) is 7.11 Å². The van der Waals surface area contributed by atoms with Crippen molar-refractivity contribution in [3.05, 3.63) is 66.7 Å². The molecule has 1 amide bonds. The van der Waals surface area contributed by atoms with Crippen molar-refractivity contribution in [2.75, 3.05) is 20.3 Å². The van der Waals surface area contributed by atoms with Crippen LogP contribution in [0, 0.1) is 0 Å². The number of carbonyl (C=O) groups is 1. The molecule has 3 aromatic carbocycles. The number of methoxy groups -OCH3 is 1. The van der Waals surface area contributed by atoms with Crippen molar-refractivity contribution in [3.8, 4) is 17.2 Å². The molecule has 0 radical (unpaired) electrons. The summed E-state index contributed by atoms with van der Waals surface area (Å²) in [6.45, 7) is 2.66. The summed E-state index contributed by atoms with van der Waals surface area (Å²) in [5.41, 5.74) is 0. The van der Waals surface area contributed by atoms with E-state index in [2.05, 4.69) is 5.32 Å². The minimum atomic E-state index is -0.558. The van der Waals surface area contributed by atoms with E-state index in [1.165, 1.54) is 0 Å². The van der Waals surface area contributed by atoms with Crippen LogP contribution in [0.15, 0.2) is 66.7 Å². The van der Waals surface area contributed by atoms with Crippen molar-refractivity contribution in [2.45, 2.75) is 19.4 Å². The van der Waals surface area contributed by atoms with Crippen molar-refractivity contribution >= 4 is 16.7 Å². The van der Waals surface area contributed by atoms with Crippen LogP contribution >= 0.6 is 0 Å². The lowest BCUT2D eigenvalue weighted by molar-refractivity contribution is -0.128. The normalized spacial score (nSPS) is 11.6. The molecule has 0 spiro atoms. The number of carbonyl (C=O) groups excluding carboxylic acids is 1.